The van der Waals surface area contributed by atoms with Crippen molar-refractivity contribution in [1.29, 1.82) is 0 Å². The normalized spacial score (nSPS) is 11.6. The fourth-order valence-electron chi connectivity index (χ4n) is 7.86. The summed E-state index contributed by atoms with van der Waals surface area (Å²) in [6, 6.07) is 60.6. The van der Waals surface area contributed by atoms with Crippen LogP contribution >= 0.6 is 0 Å². The van der Waals surface area contributed by atoms with Gasteiger partial charge in [0.05, 0.1) is 11.4 Å². The Balaban J connectivity index is 1.01. The Bertz CT molecular complexity index is 3240. The molecule has 0 amide bonds. The molecular formula is C51H31N3O2. The van der Waals surface area contributed by atoms with Crippen molar-refractivity contribution in [3.63, 3.8) is 0 Å². The number of pyridine rings is 1. The summed E-state index contributed by atoms with van der Waals surface area (Å²) in [5, 5.41) is 4.39. The van der Waals surface area contributed by atoms with Crippen molar-refractivity contribution >= 4 is 43.9 Å². The fraction of sp³-hybridized carbons (Fsp3) is 0. The van der Waals surface area contributed by atoms with Crippen LogP contribution in [-0.4, -0.2) is 15.0 Å². The van der Waals surface area contributed by atoms with Gasteiger partial charge in [0.2, 0.25) is 0 Å². The minimum absolute atomic E-state index is 0.675. The van der Waals surface area contributed by atoms with E-state index in [0.717, 1.165) is 105 Å². The van der Waals surface area contributed by atoms with Gasteiger partial charge in [0, 0.05) is 61.8 Å². The standard InChI is InChI=1S/C51H31N3O2/c1-2-10-34(11-3-1)51-53-44(30-45(54-51)37-13-8-12-35(28-37)38-14-9-27-52-31-38)33-21-19-32(20-22-33)40-26-25-39(49-43-16-5-7-18-47(43)56-50(40)49)36-23-24-42-41-15-4-6-17-46(41)55-48(42)29-36/h1-31H. The van der Waals surface area contributed by atoms with E-state index in [-0.39, 0.29) is 0 Å². The first-order chi connectivity index (χ1) is 27.7. The third kappa shape index (κ3) is 5.45. The molecule has 5 nitrogen and oxygen atoms in total. The summed E-state index contributed by atoms with van der Waals surface area (Å²) >= 11 is 0. The van der Waals surface area contributed by atoms with E-state index in [4.69, 9.17) is 18.8 Å². The van der Waals surface area contributed by atoms with Crippen LogP contribution < -0.4 is 0 Å². The highest BCUT2D eigenvalue weighted by Crippen LogP contribution is 2.43. The largest absolute Gasteiger partial charge is 0.456 e. The summed E-state index contributed by atoms with van der Waals surface area (Å²) in [6.07, 6.45) is 3.68. The number of fused-ring (bicyclic) bond motifs is 6. The lowest BCUT2D eigenvalue weighted by molar-refractivity contribution is 0.668. The maximum atomic E-state index is 6.67. The SMILES string of the molecule is c1ccc(-c2nc(-c3ccc(-c4ccc(-c5ccc6c(c5)oc5ccccc56)c5c4oc4ccccc45)cc3)cc(-c3cccc(-c4cccnc4)c3)n2)cc1. The van der Waals surface area contributed by atoms with Crippen molar-refractivity contribution in [2.75, 3.05) is 0 Å². The Morgan fingerprint density at radius 3 is 1.82 bits per heavy atom. The van der Waals surface area contributed by atoms with Gasteiger partial charge in [-0.3, -0.25) is 4.98 Å². The first-order valence-corrected chi connectivity index (χ1v) is 18.7. The van der Waals surface area contributed by atoms with Crippen LogP contribution in [-0.2, 0) is 0 Å². The van der Waals surface area contributed by atoms with E-state index >= 15 is 0 Å². The average Bonchev–Trinajstić information content (AvgIpc) is 3.85. The number of benzene rings is 7. The second kappa shape index (κ2) is 13.0. The van der Waals surface area contributed by atoms with Gasteiger partial charge in [-0.2, -0.15) is 0 Å². The minimum atomic E-state index is 0.675. The summed E-state index contributed by atoms with van der Waals surface area (Å²) in [7, 11) is 0. The van der Waals surface area contributed by atoms with Gasteiger partial charge >= 0.3 is 0 Å². The summed E-state index contributed by atoms with van der Waals surface area (Å²) in [5.41, 5.74) is 14.5. The molecule has 0 fully saturated rings. The van der Waals surface area contributed by atoms with Crippen LogP contribution in [0.15, 0.2) is 197 Å². The zero-order valence-electron chi connectivity index (χ0n) is 30.1. The second-order valence-corrected chi connectivity index (χ2v) is 14.0. The van der Waals surface area contributed by atoms with Crippen LogP contribution in [0, 0.1) is 0 Å². The van der Waals surface area contributed by atoms with E-state index in [1.54, 1.807) is 6.20 Å². The minimum Gasteiger partial charge on any atom is -0.456 e. The van der Waals surface area contributed by atoms with Gasteiger partial charge in [-0.15, -0.1) is 0 Å². The van der Waals surface area contributed by atoms with Crippen molar-refractivity contribution in [2.24, 2.45) is 0 Å². The number of para-hydroxylation sites is 2. The molecule has 0 bridgehead atoms. The topological polar surface area (TPSA) is 65.0 Å². The third-order valence-corrected chi connectivity index (χ3v) is 10.6. The molecule has 5 heteroatoms. The zero-order chi connectivity index (χ0) is 37.0. The van der Waals surface area contributed by atoms with Crippen LogP contribution in [0.2, 0.25) is 0 Å². The Hall–Kier alpha value is -7.63. The van der Waals surface area contributed by atoms with Crippen molar-refractivity contribution in [3.8, 4) is 67.3 Å². The number of hydrogen-bond donors (Lipinski definition) is 0. The Kier molecular flexibility index (Phi) is 7.42. The number of furan rings is 2. The van der Waals surface area contributed by atoms with E-state index < -0.39 is 0 Å². The van der Waals surface area contributed by atoms with E-state index in [0.29, 0.717) is 5.82 Å². The fourth-order valence-corrected chi connectivity index (χ4v) is 7.86. The molecule has 0 atom stereocenters. The number of hydrogen-bond acceptors (Lipinski definition) is 5. The van der Waals surface area contributed by atoms with Gasteiger partial charge in [-0.25, -0.2) is 9.97 Å². The predicted octanol–water partition coefficient (Wildman–Crippen LogP) is 13.7. The Morgan fingerprint density at radius 1 is 0.357 bits per heavy atom. The summed E-state index contributed by atoms with van der Waals surface area (Å²) in [4.78, 5) is 14.5. The van der Waals surface area contributed by atoms with Gasteiger partial charge in [-0.1, -0.05) is 127 Å². The summed E-state index contributed by atoms with van der Waals surface area (Å²) < 4.78 is 13.0. The lowest BCUT2D eigenvalue weighted by atomic mass is 9.93. The van der Waals surface area contributed by atoms with E-state index in [2.05, 4.69) is 132 Å². The van der Waals surface area contributed by atoms with Crippen LogP contribution in [0.1, 0.15) is 0 Å². The molecule has 0 unspecified atom stereocenters. The lowest BCUT2D eigenvalue weighted by Gasteiger charge is -2.12. The van der Waals surface area contributed by atoms with Gasteiger partial charge in [0.25, 0.3) is 0 Å². The van der Waals surface area contributed by atoms with Crippen molar-refractivity contribution < 1.29 is 8.83 Å². The molecule has 0 spiro atoms. The van der Waals surface area contributed by atoms with Crippen LogP contribution in [0.3, 0.4) is 0 Å². The molecule has 4 aromatic heterocycles. The molecule has 11 aromatic rings. The first-order valence-electron chi connectivity index (χ1n) is 18.7. The monoisotopic (exact) mass is 717 g/mol. The molecule has 0 N–H and O–H groups in total. The average molecular weight is 718 g/mol. The lowest BCUT2D eigenvalue weighted by Crippen LogP contribution is -1.96. The second-order valence-electron chi connectivity index (χ2n) is 14.0. The first kappa shape index (κ1) is 31.9. The molecule has 11 rings (SSSR count). The van der Waals surface area contributed by atoms with Crippen LogP contribution in [0.25, 0.3) is 111 Å². The Labute approximate surface area is 322 Å². The molecule has 0 saturated heterocycles. The van der Waals surface area contributed by atoms with Gasteiger partial charge in [0.15, 0.2) is 5.82 Å². The van der Waals surface area contributed by atoms with Crippen molar-refractivity contribution in [2.45, 2.75) is 0 Å². The van der Waals surface area contributed by atoms with Crippen LogP contribution in [0.4, 0.5) is 0 Å². The molecule has 4 heterocycles. The van der Waals surface area contributed by atoms with E-state index in [1.165, 1.54) is 0 Å². The quantitative estimate of drug-likeness (QED) is 0.171. The van der Waals surface area contributed by atoms with E-state index in [9.17, 15) is 0 Å². The molecule has 7 aromatic carbocycles. The summed E-state index contributed by atoms with van der Waals surface area (Å²) in [6.45, 7) is 0. The zero-order valence-corrected chi connectivity index (χ0v) is 30.1. The maximum Gasteiger partial charge on any atom is 0.160 e. The smallest absolute Gasteiger partial charge is 0.160 e. The number of aromatic nitrogens is 3. The highest BCUT2D eigenvalue weighted by molar-refractivity contribution is 6.17. The van der Waals surface area contributed by atoms with Crippen molar-refractivity contribution in [3.05, 3.63) is 188 Å². The predicted molar refractivity (Wildman–Crippen MR) is 227 cm³/mol. The molecule has 0 aliphatic carbocycles. The number of rotatable bonds is 6. The van der Waals surface area contributed by atoms with Crippen molar-refractivity contribution in [1.82, 2.24) is 15.0 Å². The van der Waals surface area contributed by atoms with Gasteiger partial charge in [0.1, 0.15) is 22.3 Å². The number of nitrogens with zero attached hydrogens (tertiary/aromatic N) is 3. The molecular weight excluding hydrogens is 687 g/mol. The van der Waals surface area contributed by atoms with Gasteiger partial charge in [-0.05, 0) is 70.8 Å². The van der Waals surface area contributed by atoms with Gasteiger partial charge < -0.3 is 8.83 Å². The van der Waals surface area contributed by atoms with E-state index in [1.807, 2.05) is 54.7 Å². The molecule has 56 heavy (non-hydrogen) atoms. The van der Waals surface area contributed by atoms with Crippen LogP contribution in [0.5, 0.6) is 0 Å². The highest BCUT2D eigenvalue weighted by atomic mass is 16.3. The third-order valence-electron chi connectivity index (χ3n) is 10.6. The Morgan fingerprint density at radius 2 is 1.00 bits per heavy atom. The molecule has 0 aliphatic rings. The molecule has 0 radical (unpaired) electrons. The molecule has 262 valence electrons. The maximum absolute atomic E-state index is 6.67. The molecule has 0 aliphatic heterocycles. The highest BCUT2D eigenvalue weighted by Gasteiger charge is 2.19. The molecule has 0 saturated carbocycles. The summed E-state index contributed by atoms with van der Waals surface area (Å²) in [5.74, 6) is 0.675.